The van der Waals surface area contributed by atoms with Gasteiger partial charge in [-0.1, -0.05) is 11.3 Å². The average Bonchev–Trinajstić information content (AvgIpc) is 3.68. The van der Waals surface area contributed by atoms with Gasteiger partial charge in [0.15, 0.2) is 0 Å². The molecule has 10 heteroatoms. The summed E-state index contributed by atoms with van der Waals surface area (Å²) in [6, 6.07) is 6.14. The van der Waals surface area contributed by atoms with Gasteiger partial charge in [-0.05, 0) is 55.3 Å². The smallest absolute Gasteiger partial charge is 0.137 e. The van der Waals surface area contributed by atoms with E-state index in [1.165, 1.54) is 5.56 Å². The number of halogens is 1. The van der Waals surface area contributed by atoms with Crippen molar-refractivity contribution in [2.45, 2.75) is 38.0 Å². The maximum atomic E-state index is 14.1. The molecule has 3 saturated carbocycles. The number of hydrogen-bond acceptors (Lipinski definition) is 6. The summed E-state index contributed by atoms with van der Waals surface area (Å²) < 4.78 is 19.8. The van der Waals surface area contributed by atoms with E-state index in [4.69, 9.17) is 4.98 Å². The Morgan fingerprint density at radius 2 is 2.03 bits per heavy atom. The number of nitrogens with zero attached hydrogens (tertiary/aromatic N) is 8. The molecule has 0 aliphatic heterocycles. The quantitative estimate of drug-likeness (QED) is 0.364. The van der Waals surface area contributed by atoms with Crippen molar-refractivity contribution in [2.75, 3.05) is 6.54 Å². The number of imidazole rings is 2. The van der Waals surface area contributed by atoms with Crippen molar-refractivity contribution in [1.82, 2.24) is 44.2 Å². The van der Waals surface area contributed by atoms with Gasteiger partial charge in [0, 0.05) is 43.1 Å². The molecule has 0 radical (unpaired) electrons. The minimum Gasteiger partial charge on any atom is -0.312 e. The van der Waals surface area contributed by atoms with E-state index < -0.39 is 5.67 Å². The Balaban J connectivity index is 1.01. The van der Waals surface area contributed by atoms with Crippen molar-refractivity contribution in [3.8, 4) is 16.9 Å². The SMILES string of the molecule is FC12CC(CNCc3ccc4nc(Cn5cc(-c6cncc(-n7ccnc7)c6)nn5)cn4c3)C(C1)C2. The van der Waals surface area contributed by atoms with E-state index in [1.807, 2.05) is 39.7 Å². The summed E-state index contributed by atoms with van der Waals surface area (Å²) in [6.07, 6.45) is 17.2. The number of pyridine rings is 2. The van der Waals surface area contributed by atoms with Crippen LogP contribution in [0.25, 0.3) is 22.6 Å². The van der Waals surface area contributed by atoms with Gasteiger partial charge in [-0.3, -0.25) is 4.98 Å². The molecule has 8 rings (SSSR count). The molecule has 0 saturated heterocycles. The van der Waals surface area contributed by atoms with E-state index in [0.717, 1.165) is 60.6 Å². The van der Waals surface area contributed by atoms with Crippen LogP contribution < -0.4 is 5.32 Å². The molecule has 3 aliphatic rings. The Hall–Kier alpha value is -3.92. The third-order valence-corrected chi connectivity index (χ3v) is 7.53. The van der Waals surface area contributed by atoms with Crippen LogP contribution in [0, 0.1) is 11.8 Å². The Kier molecular flexibility index (Phi) is 4.95. The highest BCUT2D eigenvalue weighted by Gasteiger charge is 2.56. The number of aromatic nitrogens is 8. The van der Waals surface area contributed by atoms with Crippen LogP contribution >= 0.6 is 0 Å². The average molecular weight is 484 g/mol. The number of nitrogens with one attached hydrogen (secondary N) is 1. The molecule has 5 heterocycles. The zero-order chi connectivity index (χ0) is 24.1. The molecule has 5 aromatic rings. The number of alkyl halides is 1. The molecule has 1 atom stereocenters. The summed E-state index contributed by atoms with van der Waals surface area (Å²) in [5.74, 6) is 1.06. The van der Waals surface area contributed by atoms with Crippen LogP contribution in [0.15, 0.2) is 67.9 Å². The maximum Gasteiger partial charge on any atom is 0.137 e. The first-order chi connectivity index (χ1) is 17.6. The summed E-state index contributed by atoms with van der Waals surface area (Å²) in [6.45, 7) is 2.18. The summed E-state index contributed by atoms with van der Waals surface area (Å²) >= 11 is 0. The molecule has 1 N–H and O–H groups in total. The van der Waals surface area contributed by atoms with Crippen molar-refractivity contribution >= 4 is 5.65 Å². The summed E-state index contributed by atoms with van der Waals surface area (Å²) in [5, 5.41) is 12.2. The summed E-state index contributed by atoms with van der Waals surface area (Å²) in [5.41, 5.74) is 4.67. The second kappa shape index (κ2) is 8.34. The van der Waals surface area contributed by atoms with E-state index >= 15 is 0 Å². The third kappa shape index (κ3) is 3.97. The fourth-order valence-corrected chi connectivity index (χ4v) is 5.72. The Bertz CT molecular complexity index is 1510. The van der Waals surface area contributed by atoms with Crippen molar-refractivity contribution in [3.05, 3.63) is 79.2 Å². The van der Waals surface area contributed by atoms with Crippen molar-refractivity contribution in [3.63, 3.8) is 0 Å². The van der Waals surface area contributed by atoms with E-state index in [-0.39, 0.29) is 0 Å². The van der Waals surface area contributed by atoms with Crippen LogP contribution in [-0.2, 0) is 13.1 Å². The van der Waals surface area contributed by atoms with Gasteiger partial charge in [-0.15, -0.1) is 5.10 Å². The molecule has 2 bridgehead atoms. The minimum absolute atomic E-state index is 0.482. The van der Waals surface area contributed by atoms with Crippen LogP contribution in [0.3, 0.4) is 0 Å². The van der Waals surface area contributed by atoms with E-state index in [1.54, 1.807) is 29.6 Å². The van der Waals surface area contributed by atoms with Crippen molar-refractivity contribution in [2.24, 2.45) is 11.8 Å². The molecule has 0 spiro atoms. The minimum atomic E-state index is -0.852. The predicted molar refractivity (Wildman–Crippen MR) is 131 cm³/mol. The molecule has 36 heavy (non-hydrogen) atoms. The second-order valence-corrected chi connectivity index (χ2v) is 10.2. The van der Waals surface area contributed by atoms with Gasteiger partial charge in [0.25, 0.3) is 0 Å². The van der Waals surface area contributed by atoms with E-state index in [0.29, 0.717) is 18.4 Å². The van der Waals surface area contributed by atoms with Gasteiger partial charge >= 0.3 is 0 Å². The number of rotatable bonds is 8. The highest BCUT2D eigenvalue weighted by molar-refractivity contribution is 5.59. The van der Waals surface area contributed by atoms with Gasteiger partial charge in [0.1, 0.15) is 17.0 Å². The normalized spacial score (nSPS) is 22.8. The molecular weight excluding hydrogens is 457 g/mol. The molecule has 1 unspecified atom stereocenters. The summed E-state index contributed by atoms with van der Waals surface area (Å²) in [7, 11) is 0. The topological polar surface area (TPSA) is 90.8 Å². The zero-order valence-corrected chi connectivity index (χ0v) is 19.7. The lowest BCUT2D eigenvalue weighted by atomic mass is 9.80. The second-order valence-electron chi connectivity index (χ2n) is 10.2. The molecule has 3 fully saturated rings. The Morgan fingerprint density at radius 3 is 2.86 bits per heavy atom. The van der Waals surface area contributed by atoms with Gasteiger partial charge in [-0.25, -0.2) is 19.0 Å². The lowest BCUT2D eigenvalue weighted by Gasteiger charge is -2.30. The lowest BCUT2D eigenvalue weighted by molar-refractivity contribution is 0.0738. The number of fused-ring (bicyclic) bond motifs is 2. The third-order valence-electron chi connectivity index (χ3n) is 7.53. The maximum absolute atomic E-state index is 14.1. The zero-order valence-electron chi connectivity index (χ0n) is 19.7. The molecule has 182 valence electrons. The molecule has 5 aromatic heterocycles. The van der Waals surface area contributed by atoms with E-state index in [9.17, 15) is 4.39 Å². The standard InChI is InChI=1S/C26H26FN9/c27-26-6-20(7-26)21(8-26)11-29-9-18-1-2-25-31-22(14-35(25)13-18)15-36-16-24(32-33-36)19-5-23(12-30-10-19)34-4-3-28-17-34/h1-5,10,12-14,16-17,20-21,29H,6-9,11,15H2. The van der Waals surface area contributed by atoms with Crippen LogP contribution in [0.5, 0.6) is 0 Å². The fraction of sp³-hybridized carbons (Fsp3) is 0.346. The van der Waals surface area contributed by atoms with Crippen LogP contribution in [0.1, 0.15) is 30.5 Å². The van der Waals surface area contributed by atoms with Gasteiger partial charge in [0.05, 0.1) is 36.6 Å². The van der Waals surface area contributed by atoms with Crippen LogP contribution in [-0.4, -0.2) is 51.1 Å². The monoisotopic (exact) mass is 483 g/mol. The first kappa shape index (κ1) is 21.4. The van der Waals surface area contributed by atoms with Gasteiger partial charge < -0.3 is 14.3 Å². The van der Waals surface area contributed by atoms with Crippen LogP contribution in [0.2, 0.25) is 0 Å². The highest BCUT2D eigenvalue weighted by Crippen LogP contribution is 2.57. The first-order valence-corrected chi connectivity index (χ1v) is 12.3. The fourth-order valence-electron chi connectivity index (χ4n) is 5.72. The van der Waals surface area contributed by atoms with Crippen LogP contribution in [0.4, 0.5) is 4.39 Å². The molecule has 0 amide bonds. The highest BCUT2D eigenvalue weighted by atomic mass is 19.1. The molecule has 9 nitrogen and oxygen atoms in total. The van der Waals surface area contributed by atoms with Gasteiger partial charge in [-0.2, -0.15) is 0 Å². The van der Waals surface area contributed by atoms with Crippen molar-refractivity contribution in [1.29, 1.82) is 0 Å². The number of hydrogen-bond donors (Lipinski definition) is 1. The molecule has 0 aromatic carbocycles. The predicted octanol–water partition coefficient (Wildman–Crippen LogP) is 3.45. The Morgan fingerprint density at radius 1 is 1.08 bits per heavy atom. The molecule has 3 aliphatic carbocycles. The first-order valence-electron chi connectivity index (χ1n) is 12.3. The largest absolute Gasteiger partial charge is 0.312 e. The molecular formula is C26H26FN9. The Labute approximate surface area is 207 Å². The van der Waals surface area contributed by atoms with E-state index in [2.05, 4.69) is 37.9 Å². The lowest BCUT2D eigenvalue weighted by Crippen LogP contribution is -2.30. The summed E-state index contributed by atoms with van der Waals surface area (Å²) in [4.78, 5) is 13.2. The van der Waals surface area contributed by atoms with Crippen molar-refractivity contribution < 1.29 is 4.39 Å². The van der Waals surface area contributed by atoms with Gasteiger partial charge in [0.2, 0.25) is 0 Å².